The number of aromatic nitrogens is 2. The lowest BCUT2D eigenvalue weighted by Crippen LogP contribution is -2.18. The Balaban J connectivity index is 1.32. The van der Waals surface area contributed by atoms with Gasteiger partial charge in [0.2, 0.25) is 0 Å². The molecule has 204 valence electrons. The minimum atomic E-state index is 0.734. The van der Waals surface area contributed by atoms with E-state index < -0.39 is 0 Å². The van der Waals surface area contributed by atoms with Crippen LogP contribution in [-0.4, -0.2) is 9.97 Å². The van der Waals surface area contributed by atoms with E-state index in [2.05, 4.69) is 78.8 Å². The minimum Gasteiger partial charge on any atom is -0.464 e. The molecule has 0 saturated heterocycles. The van der Waals surface area contributed by atoms with Crippen LogP contribution in [0, 0.1) is 0 Å². The van der Waals surface area contributed by atoms with Crippen LogP contribution >= 0.6 is 0 Å². The molecule has 2 aromatic heterocycles. The van der Waals surface area contributed by atoms with Crippen LogP contribution in [0.1, 0.15) is 36.1 Å². The van der Waals surface area contributed by atoms with Crippen molar-refractivity contribution in [3.8, 4) is 22.6 Å². The molecule has 0 saturated carbocycles. The molecular formula is C38H31N3O. The molecule has 42 heavy (non-hydrogen) atoms. The van der Waals surface area contributed by atoms with Crippen LogP contribution in [0.15, 0.2) is 138 Å². The van der Waals surface area contributed by atoms with Gasteiger partial charge in [-0.25, -0.2) is 9.97 Å². The average Bonchev–Trinajstić information content (AvgIpc) is 3.65. The van der Waals surface area contributed by atoms with Gasteiger partial charge in [0, 0.05) is 39.9 Å². The predicted octanol–water partition coefficient (Wildman–Crippen LogP) is 9.78. The van der Waals surface area contributed by atoms with E-state index in [9.17, 15) is 0 Å². The molecule has 4 heteroatoms. The van der Waals surface area contributed by atoms with E-state index in [1.165, 1.54) is 11.1 Å². The number of furan rings is 1. The highest BCUT2D eigenvalue weighted by atomic mass is 16.3. The van der Waals surface area contributed by atoms with E-state index >= 15 is 0 Å². The highest BCUT2D eigenvalue weighted by Gasteiger charge is 2.30. The van der Waals surface area contributed by atoms with E-state index in [4.69, 9.17) is 14.4 Å². The standard InChI is InChI=1S/C38H31N3O/c1-3-4-7-19-32-33-22-26(2)41(36(33)24-30-20-21-42-37(30)32)31-18-12-17-29(23-31)35-25-34(27-13-8-5-9-14-27)39-38(40-35)28-15-10-6-11-16-28/h3,5-11,13-16,18-21,23-25H,1-2,4,12,17,22H2/b19-7-. The molecule has 3 aromatic carbocycles. The monoisotopic (exact) mass is 545 g/mol. The molecule has 2 aliphatic rings. The summed E-state index contributed by atoms with van der Waals surface area (Å²) in [7, 11) is 0. The van der Waals surface area contributed by atoms with Gasteiger partial charge < -0.3 is 9.32 Å². The lowest BCUT2D eigenvalue weighted by atomic mass is 9.97. The normalized spacial score (nSPS) is 14.8. The smallest absolute Gasteiger partial charge is 0.160 e. The fourth-order valence-corrected chi connectivity index (χ4v) is 5.91. The van der Waals surface area contributed by atoms with Crippen molar-refractivity contribution >= 4 is 28.3 Å². The van der Waals surface area contributed by atoms with E-state index in [1.807, 2.05) is 48.5 Å². The number of allylic oxidation sites excluding steroid dienone is 6. The summed E-state index contributed by atoms with van der Waals surface area (Å²) in [4.78, 5) is 12.4. The zero-order chi connectivity index (χ0) is 28.5. The van der Waals surface area contributed by atoms with Gasteiger partial charge in [0.25, 0.3) is 0 Å². The molecule has 0 N–H and O–H groups in total. The van der Waals surface area contributed by atoms with Crippen molar-refractivity contribution in [3.63, 3.8) is 0 Å². The molecule has 1 aliphatic heterocycles. The van der Waals surface area contributed by atoms with Gasteiger partial charge in [0.05, 0.1) is 23.3 Å². The number of benzene rings is 3. The van der Waals surface area contributed by atoms with Gasteiger partial charge in [-0.15, -0.1) is 6.58 Å². The second kappa shape index (κ2) is 11.0. The van der Waals surface area contributed by atoms with Crippen molar-refractivity contribution in [1.82, 2.24) is 9.97 Å². The molecule has 1 aliphatic carbocycles. The topological polar surface area (TPSA) is 42.2 Å². The first-order chi connectivity index (χ1) is 20.7. The van der Waals surface area contributed by atoms with Crippen molar-refractivity contribution in [2.24, 2.45) is 0 Å². The summed E-state index contributed by atoms with van der Waals surface area (Å²) < 4.78 is 5.93. The largest absolute Gasteiger partial charge is 0.464 e. The molecule has 0 unspecified atom stereocenters. The van der Waals surface area contributed by atoms with E-state index in [0.717, 1.165) is 87.6 Å². The quantitative estimate of drug-likeness (QED) is 0.191. The maximum Gasteiger partial charge on any atom is 0.160 e. The van der Waals surface area contributed by atoms with Crippen LogP contribution in [0.4, 0.5) is 5.69 Å². The Hall–Kier alpha value is -5.22. The second-order valence-corrected chi connectivity index (χ2v) is 10.7. The van der Waals surface area contributed by atoms with E-state index in [0.29, 0.717) is 0 Å². The van der Waals surface area contributed by atoms with Gasteiger partial charge in [-0.2, -0.15) is 0 Å². The summed E-state index contributed by atoms with van der Waals surface area (Å²) in [5.74, 6) is 0.734. The van der Waals surface area contributed by atoms with Crippen LogP contribution in [0.25, 0.3) is 45.3 Å². The summed E-state index contributed by atoms with van der Waals surface area (Å²) in [6, 6.07) is 26.9. The van der Waals surface area contributed by atoms with Crippen LogP contribution < -0.4 is 4.90 Å². The summed E-state index contributed by atoms with van der Waals surface area (Å²) in [6.45, 7) is 8.36. The number of nitrogens with zero attached hydrogens (tertiary/aromatic N) is 3. The summed E-state index contributed by atoms with van der Waals surface area (Å²) >= 11 is 0. The van der Waals surface area contributed by atoms with Gasteiger partial charge in [-0.05, 0) is 54.7 Å². The molecular weight excluding hydrogens is 514 g/mol. The number of hydrogen-bond donors (Lipinski definition) is 0. The zero-order valence-electron chi connectivity index (χ0n) is 23.5. The number of rotatable bonds is 7. The Morgan fingerprint density at radius 3 is 2.45 bits per heavy atom. The summed E-state index contributed by atoms with van der Waals surface area (Å²) in [5, 5.41) is 1.09. The molecule has 0 spiro atoms. The summed E-state index contributed by atoms with van der Waals surface area (Å²) in [6.07, 6.45) is 16.0. The highest BCUT2D eigenvalue weighted by Crippen LogP contribution is 2.44. The lowest BCUT2D eigenvalue weighted by Gasteiger charge is -2.26. The van der Waals surface area contributed by atoms with Crippen molar-refractivity contribution in [3.05, 3.63) is 151 Å². The van der Waals surface area contributed by atoms with E-state index in [-0.39, 0.29) is 0 Å². The predicted molar refractivity (Wildman–Crippen MR) is 174 cm³/mol. The molecule has 0 atom stereocenters. The molecule has 5 aromatic rings. The number of hydrogen-bond acceptors (Lipinski definition) is 4. The first-order valence-corrected chi connectivity index (χ1v) is 14.4. The van der Waals surface area contributed by atoms with Gasteiger partial charge in [0.1, 0.15) is 5.58 Å². The first kappa shape index (κ1) is 25.7. The lowest BCUT2D eigenvalue weighted by molar-refractivity contribution is 0.615. The third kappa shape index (κ3) is 4.71. The minimum absolute atomic E-state index is 0.734. The second-order valence-electron chi connectivity index (χ2n) is 10.7. The average molecular weight is 546 g/mol. The Labute approximate surface area is 246 Å². The molecule has 0 bridgehead atoms. The molecule has 0 radical (unpaired) electrons. The van der Waals surface area contributed by atoms with Gasteiger partial charge in [-0.1, -0.05) is 91.5 Å². The fourth-order valence-electron chi connectivity index (χ4n) is 5.91. The Morgan fingerprint density at radius 2 is 1.67 bits per heavy atom. The SMILES string of the molecule is C=CC/C=C\c1c2c(cc3ccoc13)N(C1=CCCC(c3cc(-c4ccccc4)nc(-c4ccccc4)n3)=C1)C(=C)C2. The van der Waals surface area contributed by atoms with Crippen LogP contribution in [0.5, 0.6) is 0 Å². The third-order valence-corrected chi connectivity index (χ3v) is 7.90. The van der Waals surface area contributed by atoms with Gasteiger partial charge >= 0.3 is 0 Å². The maximum atomic E-state index is 5.93. The molecule has 3 heterocycles. The Kier molecular flexibility index (Phi) is 6.73. The maximum absolute atomic E-state index is 5.93. The first-order valence-electron chi connectivity index (χ1n) is 14.4. The molecule has 0 fully saturated rings. The van der Waals surface area contributed by atoms with Crippen molar-refractivity contribution in [1.29, 1.82) is 0 Å². The zero-order valence-corrected chi connectivity index (χ0v) is 23.5. The van der Waals surface area contributed by atoms with Crippen LogP contribution in [-0.2, 0) is 6.42 Å². The summed E-state index contributed by atoms with van der Waals surface area (Å²) in [5.41, 5.74) is 11.8. The van der Waals surface area contributed by atoms with Crippen LogP contribution in [0.2, 0.25) is 0 Å². The Bertz CT molecular complexity index is 1850. The van der Waals surface area contributed by atoms with Gasteiger partial charge in [0.15, 0.2) is 5.82 Å². The number of anilines is 1. The van der Waals surface area contributed by atoms with Gasteiger partial charge in [-0.3, -0.25) is 0 Å². The van der Waals surface area contributed by atoms with E-state index in [1.54, 1.807) is 6.26 Å². The van der Waals surface area contributed by atoms with Crippen molar-refractivity contribution < 1.29 is 4.42 Å². The molecule has 0 amide bonds. The number of fused-ring (bicyclic) bond motifs is 2. The van der Waals surface area contributed by atoms with Crippen LogP contribution in [0.3, 0.4) is 0 Å². The Morgan fingerprint density at radius 1 is 0.905 bits per heavy atom. The molecule has 4 nitrogen and oxygen atoms in total. The van der Waals surface area contributed by atoms with Crippen molar-refractivity contribution in [2.45, 2.75) is 25.7 Å². The van der Waals surface area contributed by atoms with Crippen molar-refractivity contribution in [2.75, 3.05) is 4.90 Å². The third-order valence-electron chi connectivity index (χ3n) is 7.90. The fraction of sp³-hybridized carbons (Fsp3) is 0.105. The molecule has 7 rings (SSSR count). The highest BCUT2D eigenvalue weighted by molar-refractivity contribution is 5.95.